The van der Waals surface area contributed by atoms with E-state index in [4.69, 9.17) is 16.3 Å². The van der Waals surface area contributed by atoms with Gasteiger partial charge in [0.2, 0.25) is 0 Å². The van der Waals surface area contributed by atoms with Crippen molar-refractivity contribution in [2.75, 3.05) is 0 Å². The van der Waals surface area contributed by atoms with Gasteiger partial charge in [-0.05, 0) is 34.9 Å². The Balaban J connectivity index is 2.34. The highest BCUT2D eigenvalue weighted by molar-refractivity contribution is 8.06. The summed E-state index contributed by atoms with van der Waals surface area (Å²) in [6.45, 7) is -1.90. The zero-order valence-corrected chi connectivity index (χ0v) is 16.8. The SMILES string of the molecule is CCC(c1ccccc1)C(OP(O)(O)=S)(c1ccccc1)c1ccccc1. The summed E-state index contributed by atoms with van der Waals surface area (Å²) in [6, 6.07) is 29.3. The fraction of sp³-hybridized carbons (Fsp3) is 0.182. The number of benzene rings is 3. The molecule has 2 N–H and O–H groups in total. The van der Waals surface area contributed by atoms with Crippen molar-refractivity contribution in [3.8, 4) is 0 Å². The third-order valence-corrected chi connectivity index (χ3v) is 5.52. The Hall–Kier alpha value is -1.81. The van der Waals surface area contributed by atoms with E-state index in [-0.39, 0.29) is 5.92 Å². The van der Waals surface area contributed by atoms with E-state index in [0.717, 1.165) is 23.1 Å². The van der Waals surface area contributed by atoms with Crippen molar-refractivity contribution in [3.05, 3.63) is 108 Å². The van der Waals surface area contributed by atoms with E-state index in [1.54, 1.807) is 0 Å². The summed E-state index contributed by atoms with van der Waals surface area (Å²) in [5, 5.41) is 0. The lowest BCUT2D eigenvalue weighted by Gasteiger charge is -2.42. The molecule has 27 heavy (non-hydrogen) atoms. The van der Waals surface area contributed by atoms with Crippen molar-refractivity contribution in [2.45, 2.75) is 24.9 Å². The van der Waals surface area contributed by atoms with Gasteiger partial charge < -0.3 is 9.79 Å². The first-order valence-electron chi connectivity index (χ1n) is 8.89. The first kappa shape index (κ1) is 19.9. The van der Waals surface area contributed by atoms with Gasteiger partial charge in [-0.2, -0.15) is 0 Å². The fourth-order valence-electron chi connectivity index (χ4n) is 3.74. The summed E-state index contributed by atoms with van der Waals surface area (Å²) in [5.41, 5.74) is 1.61. The highest BCUT2D eigenvalue weighted by atomic mass is 32.5. The molecular weight excluding hydrogens is 375 g/mol. The zero-order valence-electron chi connectivity index (χ0n) is 15.1. The van der Waals surface area contributed by atoms with Crippen molar-refractivity contribution < 1.29 is 14.3 Å². The maximum atomic E-state index is 10.2. The molecule has 1 atom stereocenters. The van der Waals surface area contributed by atoms with Gasteiger partial charge in [0.25, 0.3) is 0 Å². The maximum Gasteiger partial charge on any atom is 0.323 e. The van der Waals surface area contributed by atoms with Crippen LogP contribution < -0.4 is 0 Å². The van der Waals surface area contributed by atoms with E-state index in [1.165, 1.54) is 0 Å². The van der Waals surface area contributed by atoms with Gasteiger partial charge in [-0.1, -0.05) is 97.9 Å². The van der Waals surface area contributed by atoms with E-state index in [9.17, 15) is 9.79 Å². The Morgan fingerprint density at radius 2 is 1.22 bits per heavy atom. The van der Waals surface area contributed by atoms with Crippen molar-refractivity contribution >= 4 is 18.5 Å². The lowest BCUT2D eigenvalue weighted by Crippen LogP contribution is -2.37. The molecule has 3 nitrogen and oxygen atoms in total. The van der Waals surface area contributed by atoms with Crippen LogP contribution in [0.5, 0.6) is 0 Å². The standard InChI is InChI=1S/C22H23O3PS/c1-2-21(18-12-6-3-7-13-18)22(25-26(23,24)27,19-14-8-4-9-15-19)20-16-10-5-11-17-20/h3-17,21H,2H2,1H3,(H2,23,24,27). The van der Waals surface area contributed by atoms with Gasteiger partial charge in [-0.3, -0.25) is 4.52 Å². The predicted molar refractivity (Wildman–Crippen MR) is 113 cm³/mol. The molecule has 5 heteroatoms. The molecule has 1 unspecified atom stereocenters. The molecule has 3 aromatic carbocycles. The summed E-state index contributed by atoms with van der Waals surface area (Å²) >= 11 is 4.95. The van der Waals surface area contributed by atoms with Crippen LogP contribution in [-0.4, -0.2) is 9.79 Å². The fourth-order valence-corrected chi connectivity index (χ4v) is 4.81. The first-order valence-corrected chi connectivity index (χ1v) is 11.5. The zero-order chi connectivity index (χ0) is 19.3. The first-order chi connectivity index (χ1) is 13.0. The van der Waals surface area contributed by atoms with E-state index < -0.39 is 12.3 Å². The Morgan fingerprint density at radius 1 is 0.815 bits per heavy atom. The van der Waals surface area contributed by atoms with Gasteiger partial charge in [0, 0.05) is 5.92 Å². The van der Waals surface area contributed by atoms with Crippen LogP contribution >= 0.6 is 6.72 Å². The summed E-state index contributed by atoms with van der Waals surface area (Å²) in [7, 11) is 0. The molecule has 0 saturated heterocycles. The maximum absolute atomic E-state index is 10.2. The van der Waals surface area contributed by atoms with E-state index in [0.29, 0.717) is 0 Å². The molecule has 0 aliphatic heterocycles. The molecule has 0 aliphatic carbocycles. The predicted octanol–water partition coefficient (Wildman–Crippen LogP) is 5.35. The second kappa shape index (κ2) is 8.47. The Kier molecular flexibility index (Phi) is 6.25. The topological polar surface area (TPSA) is 49.7 Å². The van der Waals surface area contributed by atoms with Crippen LogP contribution in [-0.2, 0) is 21.9 Å². The van der Waals surface area contributed by atoms with Crippen LogP contribution in [0.3, 0.4) is 0 Å². The summed E-state index contributed by atoms with van der Waals surface area (Å²) in [6.07, 6.45) is 0.725. The summed E-state index contributed by atoms with van der Waals surface area (Å²) in [5.74, 6) is -0.162. The van der Waals surface area contributed by atoms with Gasteiger partial charge >= 0.3 is 6.72 Å². The number of hydrogen-bond acceptors (Lipinski definition) is 2. The summed E-state index contributed by atoms with van der Waals surface area (Å²) < 4.78 is 6.04. The molecule has 0 radical (unpaired) electrons. The van der Waals surface area contributed by atoms with E-state index >= 15 is 0 Å². The molecule has 0 heterocycles. The van der Waals surface area contributed by atoms with Crippen molar-refractivity contribution in [1.82, 2.24) is 0 Å². The van der Waals surface area contributed by atoms with Gasteiger partial charge in [0.15, 0.2) is 0 Å². The summed E-state index contributed by atoms with van der Waals surface area (Å²) in [4.78, 5) is 20.5. The van der Waals surface area contributed by atoms with Crippen LogP contribution in [0, 0.1) is 0 Å². The molecule has 3 aromatic rings. The molecule has 0 amide bonds. The average Bonchev–Trinajstić information content (AvgIpc) is 2.69. The highest BCUT2D eigenvalue weighted by Crippen LogP contribution is 2.56. The Labute approximate surface area is 165 Å². The van der Waals surface area contributed by atoms with Gasteiger partial charge in [0.1, 0.15) is 5.60 Å². The van der Waals surface area contributed by atoms with E-state index in [1.807, 2.05) is 91.0 Å². The Bertz CT molecular complexity index is 855. The smallest absolute Gasteiger partial charge is 0.323 e. The van der Waals surface area contributed by atoms with Crippen LogP contribution in [0.15, 0.2) is 91.0 Å². The number of rotatable bonds is 7. The van der Waals surface area contributed by atoms with Crippen LogP contribution in [0.25, 0.3) is 0 Å². The van der Waals surface area contributed by atoms with Crippen molar-refractivity contribution in [2.24, 2.45) is 0 Å². The molecule has 3 rings (SSSR count). The molecule has 140 valence electrons. The normalized spacial score (nSPS) is 13.3. The van der Waals surface area contributed by atoms with Crippen molar-refractivity contribution in [1.29, 1.82) is 0 Å². The Morgan fingerprint density at radius 3 is 1.59 bits per heavy atom. The lowest BCUT2D eigenvalue weighted by molar-refractivity contribution is 0.0589. The van der Waals surface area contributed by atoms with Crippen molar-refractivity contribution in [3.63, 3.8) is 0 Å². The minimum Gasteiger partial charge on any atom is -0.324 e. The minimum absolute atomic E-state index is 0.162. The second-order valence-electron chi connectivity index (χ2n) is 6.42. The molecule has 0 aliphatic rings. The number of hydrogen-bond donors (Lipinski definition) is 2. The molecule has 0 saturated carbocycles. The van der Waals surface area contributed by atoms with Crippen LogP contribution in [0.2, 0.25) is 0 Å². The molecule has 0 aromatic heterocycles. The third kappa shape index (κ3) is 4.37. The largest absolute Gasteiger partial charge is 0.324 e. The monoisotopic (exact) mass is 398 g/mol. The van der Waals surface area contributed by atoms with Gasteiger partial charge in [0.05, 0.1) is 0 Å². The molecular formula is C22H23O3PS. The quantitative estimate of drug-likeness (QED) is 0.527. The van der Waals surface area contributed by atoms with Gasteiger partial charge in [-0.15, -0.1) is 0 Å². The van der Waals surface area contributed by atoms with Gasteiger partial charge in [-0.25, -0.2) is 0 Å². The highest BCUT2D eigenvalue weighted by Gasteiger charge is 2.46. The molecule has 0 bridgehead atoms. The minimum atomic E-state index is -3.97. The second-order valence-corrected chi connectivity index (χ2v) is 9.01. The molecule has 0 fully saturated rings. The molecule has 0 spiro atoms. The average molecular weight is 398 g/mol. The van der Waals surface area contributed by atoms with E-state index in [2.05, 4.69) is 6.92 Å². The third-order valence-electron chi connectivity index (χ3n) is 4.77. The lowest BCUT2D eigenvalue weighted by atomic mass is 9.72. The van der Waals surface area contributed by atoms with Crippen LogP contribution in [0.4, 0.5) is 0 Å². The van der Waals surface area contributed by atoms with Crippen LogP contribution in [0.1, 0.15) is 36.0 Å².